The zero-order valence-corrected chi connectivity index (χ0v) is 11.1. The van der Waals surface area contributed by atoms with Crippen LogP contribution in [0.25, 0.3) is 0 Å². The average molecular weight is 265 g/mol. The molecule has 0 saturated carbocycles. The predicted molar refractivity (Wildman–Crippen MR) is 71.6 cm³/mol. The topological polar surface area (TPSA) is 86.6 Å². The summed E-state index contributed by atoms with van der Waals surface area (Å²) in [7, 11) is 0. The summed E-state index contributed by atoms with van der Waals surface area (Å²) in [4.78, 5) is 22.5. The van der Waals surface area contributed by atoms with Gasteiger partial charge in [-0.15, -0.1) is 0 Å². The summed E-state index contributed by atoms with van der Waals surface area (Å²) in [5.74, 6) is -1.13. The van der Waals surface area contributed by atoms with Gasteiger partial charge in [-0.2, -0.15) is 0 Å². The lowest BCUT2D eigenvalue weighted by atomic mass is 9.85. The molecule has 1 rings (SSSR count). The third kappa shape index (κ3) is 5.52. The van der Waals surface area contributed by atoms with Crippen LogP contribution in [0.5, 0.6) is 0 Å². The third-order valence-corrected chi connectivity index (χ3v) is 2.69. The number of hydrogen-bond donors (Lipinski definition) is 3. The van der Waals surface area contributed by atoms with E-state index in [-0.39, 0.29) is 25.4 Å². The highest BCUT2D eigenvalue weighted by atomic mass is 16.4. The molecule has 0 radical (unpaired) electrons. The SMILES string of the molecule is CC(C)(CC(=O)O)CC(=O)Nc1ccc(CO)cc1. The number of rotatable bonds is 6. The maximum absolute atomic E-state index is 11.8. The number of amides is 1. The van der Waals surface area contributed by atoms with Crippen LogP contribution in [0.4, 0.5) is 5.69 Å². The number of aliphatic hydroxyl groups excluding tert-OH is 1. The zero-order chi connectivity index (χ0) is 14.5. The van der Waals surface area contributed by atoms with E-state index in [2.05, 4.69) is 5.32 Å². The van der Waals surface area contributed by atoms with Crippen LogP contribution in [0.2, 0.25) is 0 Å². The van der Waals surface area contributed by atoms with Crippen LogP contribution in [-0.4, -0.2) is 22.1 Å². The van der Waals surface area contributed by atoms with E-state index in [0.29, 0.717) is 5.69 Å². The second-order valence-corrected chi connectivity index (χ2v) is 5.31. The summed E-state index contributed by atoms with van der Waals surface area (Å²) in [5, 5.41) is 20.4. The van der Waals surface area contributed by atoms with Gasteiger partial charge < -0.3 is 15.5 Å². The minimum absolute atomic E-state index is 0.0418. The van der Waals surface area contributed by atoms with Crippen molar-refractivity contribution in [3.63, 3.8) is 0 Å². The van der Waals surface area contributed by atoms with Crippen LogP contribution in [0, 0.1) is 5.41 Å². The fourth-order valence-electron chi connectivity index (χ4n) is 1.81. The Morgan fingerprint density at radius 1 is 1.16 bits per heavy atom. The summed E-state index contributed by atoms with van der Waals surface area (Å²) in [6.07, 6.45) is 0.0882. The number of benzene rings is 1. The van der Waals surface area contributed by atoms with Gasteiger partial charge in [-0.3, -0.25) is 9.59 Å². The van der Waals surface area contributed by atoms with Crippen molar-refractivity contribution in [1.29, 1.82) is 0 Å². The minimum atomic E-state index is -0.912. The van der Waals surface area contributed by atoms with Crippen LogP contribution >= 0.6 is 0 Å². The smallest absolute Gasteiger partial charge is 0.303 e. The Morgan fingerprint density at radius 3 is 2.21 bits per heavy atom. The van der Waals surface area contributed by atoms with Gasteiger partial charge in [0.1, 0.15) is 0 Å². The lowest BCUT2D eigenvalue weighted by Gasteiger charge is -2.21. The van der Waals surface area contributed by atoms with Crippen LogP contribution in [0.3, 0.4) is 0 Å². The zero-order valence-electron chi connectivity index (χ0n) is 11.1. The molecule has 0 spiro atoms. The van der Waals surface area contributed by atoms with Gasteiger partial charge in [-0.05, 0) is 23.1 Å². The number of carbonyl (C=O) groups is 2. The van der Waals surface area contributed by atoms with Crippen molar-refractivity contribution >= 4 is 17.6 Å². The normalized spacial score (nSPS) is 11.1. The van der Waals surface area contributed by atoms with Crippen LogP contribution in [0.15, 0.2) is 24.3 Å². The Balaban J connectivity index is 2.56. The van der Waals surface area contributed by atoms with Crippen molar-refractivity contribution in [2.75, 3.05) is 5.32 Å². The Hall–Kier alpha value is -1.88. The summed E-state index contributed by atoms with van der Waals surface area (Å²) >= 11 is 0. The van der Waals surface area contributed by atoms with Crippen LogP contribution in [0.1, 0.15) is 32.3 Å². The molecule has 0 atom stereocenters. The number of aliphatic carboxylic acids is 1. The van der Waals surface area contributed by atoms with Crippen molar-refractivity contribution in [2.24, 2.45) is 5.41 Å². The van der Waals surface area contributed by atoms with E-state index in [1.165, 1.54) is 0 Å². The Bertz CT molecular complexity index is 451. The second kappa shape index (κ2) is 6.33. The van der Waals surface area contributed by atoms with Crippen molar-refractivity contribution in [2.45, 2.75) is 33.3 Å². The largest absolute Gasteiger partial charge is 0.481 e. The van der Waals surface area contributed by atoms with E-state index >= 15 is 0 Å². The molecule has 3 N–H and O–H groups in total. The quantitative estimate of drug-likeness (QED) is 0.734. The van der Waals surface area contributed by atoms with E-state index in [1.807, 2.05) is 0 Å². The number of carboxylic acid groups (broad SMARTS) is 1. The minimum Gasteiger partial charge on any atom is -0.481 e. The summed E-state index contributed by atoms with van der Waals surface area (Å²) in [6.45, 7) is 3.45. The van der Waals surface area contributed by atoms with Crippen molar-refractivity contribution in [1.82, 2.24) is 0 Å². The lowest BCUT2D eigenvalue weighted by molar-refractivity contribution is -0.139. The molecule has 0 saturated heterocycles. The Morgan fingerprint density at radius 2 is 1.74 bits per heavy atom. The predicted octanol–water partition coefficient (Wildman–Crippen LogP) is 2.01. The van der Waals surface area contributed by atoms with Gasteiger partial charge in [-0.1, -0.05) is 26.0 Å². The number of hydrogen-bond acceptors (Lipinski definition) is 3. The van der Waals surface area contributed by atoms with Gasteiger partial charge in [0.15, 0.2) is 0 Å². The van der Waals surface area contributed by atoms with E-state index in [4.69, 9.17) is 10.2 Å². The molecular weight excluding hydrogens is 246 g/mol. The molecule has 0 unspecified atom stereocenters. The maximum atomic E-state index is 11.8. The Labute approximate surface area is 112 Å². The first-order chi connectivity index (χ1) is 8.82. The molecular formula is C14H19NO4. The highest BCUT2D eigenvalue weighted by Crippen LogP contribution is 2.25. The van der Waals surface area contributed by atoms with Crippen molar-refractivity contribution in [3.8, 4) is 0 Å². The van der Waals surface area contributed by atoms with Gasteiger partial charge >= 0.3 is 5.97 Å². The third-order valence-electron chi connectivity index (χ3n) is 2.69. The van der Waals surface area contributed by atoms with Gasteiger partial charge in [0.25, 0.3) is 0 Å². The standard InChI is InChI=1S/C14H19NO4/c1-14(2,8-13(18)19)7-12(17)15-11-5-3-10(9-16)4-6-11/h3-6,16H,7-9H2,1-2H3,(H,15,17)(H,18,19). The van der Waals surface area contributed by atoms with E-state index in [0.717, 1.165) is 5.56 Å². The van der Waals surface area contributed by atoms with Gasteiger partial charge in [-0.25, -0.2) is 0 Å². The van der Waals surface area contributed by atoms with Crippen molar-refractivity contribution in [3.05, 3.63) is 29.8 Å². The molecule has 5 heteroatoms. The second-order valence-electron chi connectivity index (χ2n) is 5.31. The van der Waals surface area contributed by atoms with Crippen LogP contribution in [-0.2, 0) is 16.2 Å². The average Bonchev–Trinajstić information content (AvgIpc) is 2.27. The molecule has 0 aliphatic heterocycles. The molecule has 19 heavy (non-hydrogen) atoms. The molecule has 0 aliphatic carbocycles. The highest BCUT2D eigenvalue weighted by Gasteiger charge is 2.25. The molecule has 0 aromatic heterocycles. The summed E-state index contributed by atoms with van der Waals surface area (Å²) in [5.41, 5.74) is 0.818. The first kappa shape index (κ1) is 15.2. The number of carboxylic acids is 1. The molecule has 1 aromatic carbocycles. The van der Waals surface area contributed by atoms with Gasteiger partial charge in [0, 0.05) is 12.1 Å². The van der Waals surface area contributed by atoms with E-state index < -0.39 is 11.4 Å². The number of nitrogens with one attached hydrogen (secondary N) is 1. The van der Waals surface area contributed by atoms with Gasteiger partial charge in [0.2, 0.25) is 5.91 Å². The molecule has 5 nitrogen and oxygen atoms in total. The number of aliphatic hydroxyl groups is 1. The maximum Gasteiger partial charge on any atom is 0.303 e. The first-order valence-electron chi connectivity index (χ1n) is 6.04. The van der Waals surface area contributed by atoms with E-state index in [1.54, 1.807) is 38.1 Å². The fraction of sp³-hybridized carbons (Fsp3) is 0.429. The molecule has 0 aliphatic rings. The molecule has 104 valence electrons. The summed E-state index contributed by atoms with van der Waals surface area (Å²) < 4.78 is 0. The van der Waals surface area contributed by atoms with E-state index in [9.17, 15) is 9.59 Å². The lowest BCUT2D eigenvalue weighted by Crippen LogP contribution is -2.24. The van der Waals surface area contributed by atoms with Crippen molar-refractivity contribution < 1.29 is 19.8 Å². The molecule has 0 bridgehead atoms. The fourth-order valence-corrected chi connectivity index (χ4v) is 1.81. The molecule has 1 amide bonds. The van der Waals surface area contributed by atoms with Crippen LogP contribution < -0.4 is 5.32 Å². The molecule has 1 aromatic rings. The Kier molecular flexibility index (Phi) is 5.06. The highest BCUT2D eigenvalue weighted by molar-refractivity contribution is 5.91. The number of anilines is 1. The summed E-state index contributed by atoms with van der Waals surface area (Å²) in [6, 6.07) is 6.84. The first-order valence-corrected chi connectivity index (χ1v) is 6.04. The van der Waals surface area contributed by atoms with Gasteiger partial charge in [0.05, 0.1) is 13.0 Å². The monoisotopic (exact) mass is 265 g/mol. The molecule has 0 fully saturated rings. The number of carbonyl (C=O) groups excluding carboxylic acids is 1. The molecule has 0 heterocycles.